The Balaban J connectivity index is 2.29. The third kappa shape index (κ3) is 9.03. The highest BCUT2D eigenvalue weighted by Gasteiger charge is 2.21. The third-order valence-electron chi connectivity index (χ3n) is 3.50. The number of nitrogens with one attached hydrogen (secondary N) is 2. The number of nitrogens with two attached hydrogens (primary N) is 1. The summed E-state index contributed by atoms with van der Waals surface area (Å²) in [4.78, 5) is 34.8. The van der Waals surface area contributed by atoms with E-state index >= 15 is 0 Å². The van der Waals surface area contributed by atoms with E-state index in [0.717, 1.165) is 5.56 Å². The highest BCUT2D eigenvalue weighted by atomic mass is 16.5. The second kappa shape index (κ2) is 11.1. The van der Waals surface area contributed by atoms with Crippen LogP contribution in [0.2, 0.25) is 0 Å². The lowest BCUT2D eigenvalue weighted by molar-refractivity contribution is -0.128. The second-order valence-electron chi connectivity index (χ2n) is 6.45. The van der Waals surface area contributed by atoms with Crippen molar-refractivity contribution in [3.8, 4) is 0 Å². The van der Waals surface area contributed by atoms with Gasteiger partial charge in [-0.15, -0.1) is 0 Å². The van der Waals surface area contributed by atoms with Crippen LogP contribution in [0.3, 0.4) is 0 Å². The van der Waals surface area contributed by atoms with Gasteiger partial charge < -0.3 is 26.2 Å². The first-order chi connectivity index (χ1) is 12.3. The van der Waals surface area contributed by atoms with Crippen LogP contribution >= 0.6 is 0 Å². The summed E-state index contributed by atoms with van der Waals surface area (Å²) in [6, 6.07) is 8.38. The van der Waals surface area contributed by atoms with Crippen molar-refractivity contribution in [1.29, 1.82) is 0 Å². The normalized spacial score (nSPS) is 12.9. The standard InChI is InChI=1S/C18H27N3O5/c1-12(2)8-15(17(19)24)21-16(23)9-14(22)10-20-18(25)26-11-13-6-4-3-5-7-13/h3-7,12,14-15,22H,8-11H2,1-2H3,(H2,19,24)(H,20,25)(H,21,23)/t14-,15-/m0/s1. The minimum absolute atomic E-state index is 0.110. The number of carbonyl (C=O) groups excluding carboxylic acids is 3. The van der Waals surface area contributed by atoms with Crippen LogP contribution in [0.25, 0.3) is 0 Å². The number of aliphatic hydroxyl groups excluding tert-OH is 1. The summed E-state index contributed by atoms with van der Waals surface area (Å²) in [6.45, 7) is 3.77. The number of aliphatic hydroxyl groups is 1. The van der Waals surface area contributed by atoms with E-state index in [0.29, 0.717) is 6.42 Å². The van der Waals surface area contributed by atoms with E-state index in [2.05, 4.69) is 10.6 Å². The van der Waals surface area contributed by atoms with Gasteiger partial charge in [-0.2, -0.15) is 0 Å². The molecule has 0 bridgehead atoms. The molecule has 0 radical (unpaired) electrons. The maximum Gasteiger partial charge on any atom is 0.407 e. The quantitative estimate of drug-likeness (QED) is 0.484. The fraction of sp³-hybridized carbons (Fsp3) is 0.500. The Kier molecular flexibility index (Phi) is 9.14. The van der Waals surface area contributed by atoms with Gasteiger partial charge in [0.1, 0.15) is 12.6 Å². The number of benzene rings is 1. The number of amides is 3. The molecule has 1 aromatic rings. The number of alkyl carbamates (subject to hydrolysis) is 1. The first-order valence-electron chi connectivity index (χ1n) is 8.49. The van der Waals surface area contributed by atoms with Gasteiger partial charge in [0.15, 0.2) is 0 Å². The van der Waals surface area contributed by atoms with Crippen molar-refractivity contribution in [2.45, 2.75) is 45.4 Å². The zero-order chi connectivity index (χ0) is 19.5. The van der Waals surface area contributed by atoms with Gasteiger partial charge in [0.05, 0.1) is 12.5 Å². The molecule has 0 aliphatic carbocycles. The minimum Gasteiger partial charge on any atom is -0.445 e. The average molecular weight is 365 g/mol. The molecular weight excluding hydrogens is 338 g/mol. The molecule has 5 N–H and O–H groups in total. The Hall–Kier alpha value is -2.61. The summed E-state index contributed by atoms with van der Waals surface area (Å²) in [7, 11) is 0. The lowest BCUT2D eigenvalue weighted by Gasteiger charge is -2.18. The van der Waals surface area contributed by atoms with E-state index in [1.54, 1.807) is 0 Å². The summed E-state index contributed by atoms with van der Waals surface area (Å²) < 4.78 is 5.00. The van der Waals surface area contributed by atoms with Crippen LogP contribution < -0.4 is 16.4 Å². The van der Waals surface area contributed by atoms with Crippen LogP contribution in [0.4, 0.5) is 4.79 Å². The van der Waals surface area contributed by atoms with E-state index in [4.69, 9.17) is 10.5 Å². The molecule has 1 aromatic carbocycles. The molecule has 8 nitrogen and oxygen atoms in total. The molecule has 8 heteroatoms. The summed E-state index contributed by atoms with van der Waals surface area (Å²) in [5.74, 6) is -0.954. The second-order valence-corrected chi connectivity index (χ2v) is 6.45. The highest BCUT2D eigenvalue weighted by Crippen LogP contribution is 2.05. The lowest BCUT2D eigenvalue weighted by Crippen LogP contribution is -2.46. The summed E-state index contributed by atoms with van der Waals surface area (Å²) in [5, 5.41) is 14.7. The molecule has 0 saturated heterocycles. The van der Waals surface area contributed by atoms with Crippen molar-refractivity contribution in [2.75, 3.05) is 6.54 Å². The number of carbonyl (C=O) groups is 3. The zero-order valence-corrected chi connectivity index (χ0v) is 15.1. The zero-order valence-electron chi connectivity index (χ0n) is 15.1. The molecule has 0 spiro atoms. The topological polar surface area (TPSA) is 131 Å². The maximum absolute atomic E-state index is 11.9. The number of hydrogen-bond donors (Lipinski definition) is 4. The Bertz CT molecular complexity index is 592. The third-order valence-corrected chi connectivity index (χ3v) is 3.50. The molecular formula is C18H27N3O5. The fourth-order valence-electron chi connectivity index (χ4n) is 2.23. The number of primary amides is 1. The fourth-order valence-corrected chi connectivity index (χ4v) is 2.23. The predicted molar refractivity (Wildman–Crippen MR) is 95.8 cm³/mol. The number of hydrogen-bond acceptors (Lipinski definition) is 5. The Morgan fingerprint density at radius 3 is 2.42 bits per heavy atom. The van der Waals surface area contributed by atoms with Crippen molar-refractivity contribution in [1.82, 2.24) is 10.6 Å². The summed E-state index contributed by atoms with van der Waals surface area (Å²) in [5.41, 5.74) is 6.09. The van der Waals surface area contributed by atoms with Crippen molar-refractivity contribution in [3.05, 3.63) is 35.9 Å². The van der Waals surface area contributed by atoms with Crippen molar-refractivity contribution in [3.63, 3.8) is 0 Å². The predicted octanol–water partition coefficient (Wildman–Crippen LogP) is 0.680. The highest BCUT2D eigenvalue weighted by molar-refractivity contribution is 5.86. The van der Waals surface area contributed by atoms with E-state index < -0.39 is 30.1 Å². The average Bonchev–Trinajstić information content (AvgIpc) is 2.58. The van der Waals surface area contributed by atoms with Crippen LogP contribution in [0.15, 0.2) is 30.3 Å². The molecule has 0 unspecified atom stereocenters. The van der Waals surface area contributed by atoms with Crippen LogP contribution in [-0.2, 0) is 20.9 Å². The van der Waals surface area contributed by atoms with E-state index in [1.807, 2.05) is 44.2 Å². The number of ether oxygens (including phenoxy) is 1. The van der Waals surface area contributed by atoms with Gasteiger partial charge >= 0.3 is 6.09 Å². The van der Waals surface area contributed by atoms with Gasteiger partial charge in [0.25, 0.3) is 0 Å². The number of rotatable bonds is 10. The largest absolute Gasteiger partial charge is 0.445 e. The van der Waals surface area contributed by atoms with E-state index in [9.17, 15) is 19.5 Å². The van der Waals surface area contributed by atoms with Crippen molar-refractivity contribution >= 4 is 17.9 Å². The minimum atomic E-state index is -1.10. The Labute approximate surface area is 153 Å². The maximum atomic E-state index is 11.9. The molecule has 2 atom stereocenters. The molecule has 26 heavy (non-hydrogen) atoms. The molecule has 0 aliphatic rings. The van der Waals surface area contributed by atoms with Crippen molar-refractivity contribution in [2.24, 2.45) is 11.7 Å². The Morgan fingerprint density at radius 1 is 1.19 bits per heavy atom. The first kappa shape index (κ1) is 21.4. The monoisotopic (exact) mass is 365 g/mol. The van der Waals surface area contributed by atoms with Crippen LogP contribution in [0.5, 0.6) is 0 Å². The van der Waals surface area contributed by atoms with Crippen molar-refractivity contribution < 1.29 is 24.2 Å². The van der Waals surface area contributed by atoms with Crippen LogP contribution in [0, 0.1) is 5.92 Å². The molecule has 0 aliphatic heterocycles. The Morgan fingerprint density at radius 2 is 1.85 bits per heavy atom. The summed E-state index contributed by atoms with van der Waals surface area (Å²) in [6.07, 6.45) is -1.64. The van der Waals surface area contributed by atoms with Gasteiger partial charge in [0, 0.05) is 6.54 Å². The summed E-state index contributed by atoms with van der Waals surface area (Å²) >= 11 is 0. The first-order valence-corrected chi connectivity index (χ1v) is 8.49. The lowest BCUT2D eigenvalue weighted by atomic mass is 10.0. The van der Waals surface area contributed by atoms with Gasteiger partial charge in [-0.25, -0.2) is 4.79 Å². The van der Waals surface area contributed by atoms with Crippen LogP contribution in [0.1, 0.15) is 32.3 Å². The van der Waals surface area contributed by atoms with E-state index in [-0.39, 0.29) is 25.5 Å². The van der Waals surface area contributed by atoms with Crippen LogP contribution in [-0.4, -0.2) is 41.7 Å². The molecule has 144 valence electrons. The SMILES string of the molecule is CC(C)C[C@H](NC(=O)C[C@H](O)CNC(=O)OCc1ccccc1)C(N)=O. The molecule has 0 saturated carbocycles. The van der Waals surface area contributed by atoms with E-state index in [1.165, 1.54) is 0 Å². The smallest absolute Gasteiger partial charge is 0.407 e. The molecule has 1 rings (SSSR count). The van der Waals surface area contributed by atoms with Gasteiger partial charge in [-0.05, 0) is 17.9 Å². The molecule has 0 heterocycles. The van der Waals surface area contributed by atoms with Gasteiger partial charge in [-0.3, -0.25) is 9.59 Å². The molecule has 0 fully saturated rings. The van der Waals surface area contributed by atoms with Gasteiger partial charge in [0.2, 0.25) is 11.8 Å². The molecule has 0 aromatic heterocycles. The van der Waals surface area contributed by atoms with Gasteiger partial charge in [-0.1, -0.05) is 44.2 Å². The molecule has 3 amide bonds.